The molecule has 3 N–H and O–H groups in total. The van der Waals surface area contributed by atoms with Crippen LogP contribution in [0.1, 0.15) is 41.4 Å². The van der Waals surface area contributed by atoms with Gasteiger partial charge < -0.3 is 20.7 Å². The van der Waals surface area contributed by atoms with Crippen LogP contribution in [0.25, 0.3) is 16.9 Å². The maximum absolute atomic E-state index is 13.8. The van der Waals surface area contributed by atoms with Gasteiger partial charge in [-0.25, -0.2) is 18.7 Å². The normalized spacial score (nSPS) is 15.6. The molecule has 1 amide bonds. The number of aromatic nitrogens is 5. The van der Waals surface area contributed by atoms with E-state index in [2.05, 4.69) is 31.0 Å². The number of fused-ring (bicyclic) bond motifs is 1. The molecule has 1 aliphatic heterocycles. The van der Waals surface area contributed by atoms with E-state index < -0.39 is 30.4 Å². The molecule has 1 fully saturated rings. The summed E-state index contributed by atoms with van der Waals surface area (Å²) in [7, 11) is 0. The summed E-state index contributed by atoms with van der Waals surface area (Å²) in [5, 5.41) is 12.6. The molecule has 4 heterocycles. The molecule has 3 aromatic heterocycles. The standard InChI is InChI=1S/C27H27F5N8O3/c1-2-16-17(26(42)36-15-4-3-7-33-10-15)5-6-19(22(16)43-14-41)37-24-25-35-11-20(40(25)9-8-34-24)18-12-39(13-21(28)29)38-23(18)27(30,31)32/h5-6,8-9,11-12,14-15,21,33H,2-4,7,10,13H2,1H3,(H,34,37)(H,36,42). The first-order valence-corrected chi connectivity index (χ1v) is 13.4. The molecule has 0 bridgehead atoms. The molecule has 0 aliphatic carbocycles. The summed E-state index contributed by atoms with van der Waals surface area (Å²) >= 11 is 0. The summed E-state index contributed by atoms with van der Waals surface area (Å²) in [5.41, 5.74) is -0.718. The molecular weight excluding hydrogens is 579 g/mol. The van der Waals surface area contributed by atoms with Crippen LogP contribution in [-0.4, -0.2) is 62.1 Å². The van der Waals surface area contributed by atoms with Crippen molar-refractivity contribution in [3.05, 3.63) is 53.7 Å². The number of ether oxygens (including phenoxy) is 1. The van der Waals surface area contributed by atoms with Crippen LogP contribution in [0.15, 0.2) is 36.9 Å². The molecule has 1 saturated heterocycles. The molecule has 11 nitrogen and oxygen atoms in total. The molecule has 5 rings (SSSR count). The first kappa shape index (κ1) is 29.9. The number of nitrogens with one attached hydrogen (secondary N) is 3. The zero-order valence-electron chi connectivity index (χ0n) is 22.8. The minimum atomic E-state index is -4.92. The Morgan fingerprint density at radius 3 is 2.77 bits per heavy atom. The smallest absolute Gasteiger partial charge is 0.426 e. The lowest BCUT2D eigenvalue weighted by atomic mass is 10.0. The van der Waals surface area contributed by atoms with Crippen molar-refractivity contribution in [1.82, 2.24) is 34.8 Å². The first-order chi connectivity index (χ1) is 20.6. The second kappa shape index (κ2) is 12.3. The van der Waals surface area contributed by atoms with Gasteiger partial charge in [-0.3, -0.25) is 18.7 Å². The Kier molecular flexibility index (Phi) is 8.57. The van der Waals surface area contributed by atoms with Gasteiger partial charge in [0, 0.05) is 42.3 Å². The number of carbonyl (C=O) groups is 2. The van der Waals surface area contributed by atoms with E-state index in [1.54, 1.807) is 13.0 Å². The summed E-state index contributed by atoms with van der Waals surface area (Å²) in [5.74, 6) is -0.153. The van der Waals surface area contributed by atoms with E-state index in [0.717, 1.165) is 31.8 Å². The number of hydrogen-bond acceptors (Lipinski definition) is 8. The first-order valence-electron chi connectivity index (χ1n) is 13.4. The van der Waals surface area contributed by atoms with Crippen LogP contribution < -0.4 is 20.7 Å². The van der Waals surface area contributed by atoms with Crippen molar-refractivity contribution in [1.29, 1.82) is 0 Å². The van der Waals surface area contributed by atoms with Crippen molar-refractivity contribution in [3.8, 4) is 17.0 Å². The molecular formula is C27H27F5N8O3. The maximum Gasteiger partial charge on any atom is 0.435 e. The zero-order valence-corrected chi connectivity index (χ0v) is 22.8. The number of anilines is 2. The number of imidazole rings is 1. The zero-order chi connectivity index (χ0) is 30.7. The molecule has 43 heavy (non-hydrogen) atoms. The average molecular weight is 607 g/mol. The lowest BCUT2D eigenvalue weighted by Crippen LogP contribution is -2.45. The molecule has 1 aromatic carbocycles. The summed E-state index contributed by atoms with van der Waals surface area (Å²) in [6.07, 6.45) is -1.03. The largest absolute Gasteiger partial charge is 0.435 e. The van der Waals surface area contributed by atoms with Crippen molar-refractivity contribution in [3.63, 3.8) is 0 Å². The summed E-state index contributed by atoms with van der Waals surface area (Å²) in [6, 6.07) is 3.06. The Bertz CT molecular complexity index is 1630. The van der Waals surface area contributed by atoms with Crippen LogP contribution >= 0.6 is 0 Å². The van der Waals surface area contributed by atoms with Gasteiger partial charge in [0.25, 0.3) is 18.8 Å². The van der Waals surface area contributed by atoms with E-state index in [1.165, 1.54) is 22.9 Å². The Morgan fingerprint density at radius 2 is 2.09 bits per heavy atom. The molecule has 1 atom stereocenters. The van der Waals surface area contributed by atoms with Crippen molar-refractivity contribution >= 4 is 29.5 Å². The quantitative estimate of drug-likeness (QED) is 0.181. The molecule has 228 valence electrons. The fourth-order valence-corrected chi connectivity index (χ4v) is 5.10. The predicted octanol–water partition coefficient (Wildman–Crippen LogP) is 4.20. The highest BCUT2D eigenvalue weighted by molar-refractivity contribution is 5.98. The molecule has 16 heteroatoms. The number of carbonyl (C=O) groups excluding carboxylic acids is 2. The van der Waals surface area contributed by atoms with E-state index in [0.29, 0.717) is 28.8 Å². The van der Waals surface area contributed by atoms with Gasteiger partial charge in [0.15, 0.2) is 22.9 Å². The second-order valence-electron chi connectivity index (χ2n) is 9.79. The minimum Gasteiger partial charge on any atom is -0.426 e. The Balaban J connectivity index is 1.51. The third kappa shape index (κ3) is 6.28. The second-order valence-corrected chi connectivity index (χ2v) is 9.79. The van der Waals surface area contributed by atoms with Crippen LogP contribution in [0.4, 0.5) is 33.5 Å². The summed E-state index contributed by atoms with van der Waals surface area (Å²) in [6.45, 7) is 2.53. The molecule has 1 unspecified atom stereocenters. The van der Waals surface area contributed by atoms with Gasteiger partial charge in [-0.1, -0.05) is 6.92 Å². The van der Waals surface area contributed by atoms with Crippen molar-refractivity contribution in [2.75, 3.05) is 18.4 Å². The van der Waals surface area contributed by atoms with Gasteiger partial charge >= 0.3 is 6.18 Å². The van der Waals surface area contributed by atoms with Gasteiger partial charge in [0.05, 0.1) is 23.1 Å². The topological polar surface area (TPSA) is 127 Å². The molecule has 4 aromatic rings. The van der Waals surface area contributed by atoms with Gasteiger partial charge in [0.1, 0.15) is 6.54 Å². The molecule has 0 saturated carbocycles. The number of benzene rings is 1. The highest BCUT2D eigenvalue weighted by atomic mass is 19.4. The van der Waals surface area contributed by atoms with Crippen LogP contribution in [0, 0.1) is 0 Å². The predicted molar refractivity (Wildman–Crippen MR) is 144 cm³/mol. The highest BCUT2D eigenvalue weighted by Gasteiger charge is 2.38. The SMILES string of the molecule is CCc1c(C(=O)NC2CCCNC2)ccc(Nc2nccn3c(-c4cn(CC(F)F)nc4C(F)(F)F)cnc23)c1OC=O. The minimum absolute atomic E-state index is 0.0454. The van der Waals surface area contributed by atoms with E-state index in [-0.39, 0.29) is 47.0 Å². The fraction of sp³-hybridized carbons (Fsp3) is 0.370. The van der Waals surface area contributed by atoms with E-state index in [4.69, 9.17) is 4.74 Å². The maximum atomic E-state index is 13.8. The van der Waals surface area contributed by atoms with Crippen LogP contribution in [-0.2, 0) is 23.9 Å². The molecule has 0 radical (unpaired) electrons. The Labute approximate surface area is 241 Å². The van der Waals surface area contributed by atoms with Gasteiger partial charge in [-0.2, -0.15) is 18.3 Å². The highest BCUT2D eigenvalue weighted by Crippen LogP contribution is 2.38. The molecule has 1 aliphatic rings. The summed E-state index contributed by atoms with van der Waals surface area (Å²) in [4.78, 5) is 33.1. The van der Waals surface area contributed by atoms with Gasteiger partial charge in [-0.15, -0.1) is 0 Å². The van der Waals surface area contributed by atoms with E-state index in [9.17, 15) is 31.5 Å². The van der Waals surface area contributed by atoms with E-state index in [1.807, 2.05) is 0 Å². The van der Waals surface area contributed by atoms with Crippen LogP contribution in [0.3, 0.4) is 0 Å². The van der Waals surface area contributed by atoms with Crippen molar-refractivity contribution in [2.24, 2.45) is 0 Å². The summed E-state index contributed by atoms with van der Waals surface area (Å²) < 4.78 is 74.3. The third-order valence-corrected chi connectivity index (χ3v) is 6.97. The number of hydrogen-bond donors (Lipinski definition) is 3. The van der Waals surface area contributed by atoms with Crippen molar-refractivity contribution < 1.29 is 36.3 Å². The number of amides is 1. The average Bonchev–Trinajstić information content (AvgIpc) is 3.59. The number of halogens is 5. The fourth-order valence-electron chi connectivity index (χ4n) is 5.10. The van der Waals surface area contributed by atoms with Gasteiger partial charge in [0.2, 0.25) is 0 Å². The molecule has 0 spiro atoms. The van der Waals surface area contributed by atoms with Gasteiger partial charge in [-0.05, 0) is 37.9 Å². The number of piperidine rings is 1. The van der Waals surface area contributed by atoms with E-state index >= 15 is 0 Å². The monoisotopic (exact) mass is 606 g/mol. The lowest BCUT2D eigenvalue weighted by Gasteiger charge is -2.24. The van der Waals surface area contributed by atoms with Crippen LogP contribution in [0.2, 0.25) is 0 Å². The third-order valence-electron chi connectivity index (χ3n) is 6.97. The lowest BCUT2D eigenvalue weighted by molar-refractivity contribution is -0.141. The number of rotatable bonds is 10. The Hall–Kier alpha value is -4.60. The number of nitrogens with zero attached hydrogens (tertiary/aromatic N) is 5. The van der Waals surface area contributed by atoms with Crippen molar-refractivity contribution in [2.45, 2.75) is 51.4 Å². The number of alkyl halides is 5. The Morgan fingerprint density at radius 1 is 1.28 bits per heavy atom. The van der Waals surface area contributed by atoms with Crippen LogP contribution in [0.5, 0.6) is 5.75 Å².